The molecule has 0 saturated heterocycles. The third-order valence-corrected chi connectivity index (χ3v) is 3.86. The zero-order chi connectivity index (χ0) is 16.8. The average molecular weight is 337 g/mol. The van der Waals surface area contributed by atoms with Gasteiger partial charge in [0.15, 0.2) is 0 Å². The van der Waals surface area contributed by atoms with Gasteiger partial charge in [0.05, 0.1) is 11.2 Å². The maximum absolute atomic E-state index is 11.8. The van der Waals surface area contributed by atoms with Gasteiger partial charge < -0.3 is 4.74 Å². The SMILES string of the molecule is Cc1nc(C(=O)N/N=C/c2ccc(Oc3ccccc3)cc2)cs1. The predicted molar refractivity (Wildman–Crippen MR) is 94.9 cm³/mol. The summed E-state index contributed by atoms with van der Waals surface area (Å²) in [6.45, 7) is 1.85. The molecule has 2 aromatic carbocycles. The number of nitrogens with one attached hydrogen (secondary N) is 1. The van der Waals surface area contributed by atoms with E-state index in [-0.39, 0.29) is 5.91 Å². The first-order valence-electron chi connectivity index (χ1n) is 7.29. The molecule has 0 aliphatic rings. The summed E-state index contributed by atoms with van der Waals surface area (Å²) < 4.78 is 5.71. The lowest BCUT2D eigenvalue weighted by atomic mass is 10.2. The minimum absolute atomic E-state index is 0.320. The molecule has 0 atom stereocenters. The second kappa shape index (κ2) is 7.52. The second-order valence-electron chi connectivity index (χ2n) is 4.94. The van der Waals surface area contributed by atoms with Crippen molar-refractivity contribution in [1.29, 1.82) is 0 Å². The average Bonchev–Trinajstić information content (AvgIpc) is 3.04. The fourth-order valence-electron chi connectivity index (χ4n) is 1.94. The van der Waals surface area contributed by atoms with Crippen LogP contribution in [-0.2, 0) is 0 Å². The number of benzene rings is 2. The van der Waals surface area contributed by atoms with Crippen LogP contribution >= 0.6 is 11.3 Å². The molecule has 0 fully saturated rings. The number of aryl methyl sites for hydroxylation is 1. The van der Waals surface area contributed by atoms with Crippen LogP contribution in [-0.4, -0.2) is 17.1 Å². The molecule has 1 amide bonds. The van der Waals surface area contributed by atoms with Gasteiger partial charge in [0.2, 0.25) is 0 Å². The Kier molecular flexibility index (Phi) is 4.98. The van der Waals surface area contributed by atoms with Gasteiger partial charge in [-0.25, -0.2) is 10.4 Å². The Morgan fingerprint density at radius 3 is 2.50 bits per heavy atom. The topological polar surface area (TPSA) is 63.6 Å². The maximum atomic E-state index is 11.8. The van der Waals surface area contributed by atoms with Crippen LogP contribution in [0.2, 0.25) is 0 Å². The smallest absolute Gasteiger partial charge is 0.290 e. The van der Waals surface area contributed by atoms with E-state index in [4.69, 9.17) is 4.74 Å². The van der Waals surface area contributed by atoms with E-state index in [0.717, 1.165) is 22.1 Å². The first-order valence-corrected chi connectivity index (χ1v) is 8.17. The van der Waals surface area contributed by atoms with E-state index in [0.29, 0.717) is 5.69 Å². The number of ether oxygens (including phenoxy) is 1. The van der Waals surface area contributed by atoms with Gasteiger partial charge in [-0.15, -0.1) is 11.3 Å². The molecule has 0 aliphatic carbocycles. The second-order valence-corrected chi connectivity index (χ2v) is 6.00. The number of carbonyl (C=O) groups excluding carboxylic acids is 1. The van der Waals surface area contributed by atoms with Crippen LogP contribution in [0.1, 0.15) is 21.1 Å². The van der Waals surface area contributed by atoms with E-state index in [2.05, 4.69) is 15.5 Å². The lowest BCUT2D eigenvalue weighted by molar-refractivity contribution is 0.0950. The van der Waals surface area contributed by atoms with Crippen molar-refractivity contribution in [1.82, 2.24) is 10.4 Å². The van der Waals surface area contributed by atoms with Crippen LogP contribution in [0.5, 0.6) is 11.5 Å². The highest BCUT2D eigenvalue weighted by Gasteiger charge is 2.07. The van der Waals surface area contributed by atoms with Gasteiger partial charge >= 0.3 is 0 Å². The standard InChI is InChI=1S/C18H15N3O2S/c1-13-20-17(12-24-13)18(22)21-19-11-14-7-9-16(10-8-14)23-15-5-3-2-4-6-15/h2-12H,1H3,(H,21,22)/b19-11+. The molecular weight excluding hydrogens is 322 g/mol. The Morgan fingerprint density at radius 1 is 1.12 bits per heavy atom. The van der Waals surface area contributed by atoms with Gasteiger partial charge in [-0.2, -0.15) is 5.10 Å². The van der Waals surface area contributed by atoms with Gasteiger partial charge in [-0.3, -0.25) is 4.79 Å². The summed E-state index contributed by atoms with van der Waals surface area (Å²) in [6, 6.07) is 17.0. The predicted octanol–water partition coefficient (Wildman–Crippen LogP) is 4.01. The Labute approximate surface area is 143 Å². The highest BCUT2D eigenvalue weighted by atomic mass is 32.1. The summed E-state index contributed by atoms with van der Waals surface area (Å²) in [7, 11) is 0. The van der Waals surface area contributed by atoms with Gasteiger partial charge in [0.1, 0.15) is 17.2 Å². The van der Waals surface area contributed by atoms with Crippen LogP contribution < -0.4 is 10.2 Å². The van der Waals surface area contributed by atoms with Gasteiger partial charge in [-0.1, -0.05) is 18.2 Å². The molecule has 1 heterocycles. The Bertz CT molecular complexity index is 842. The van der Waals surface area contributed by atoms with Gasteiger partial charge in [0, 0.05) is 5.38 Å². The summed E-state index contributed by atoms with van der Waals surface area (Å²) in [5.74, 6) is 1.20. The Hall–Kier alpha value is -2.99. The van der Waals surface area contributed by atoms with Crippen LogP contribution in [0, 0.1) is 6.92 Å². The van der Waals surface area contributed by atoms with E-state index in [9.17, 15) is 4.79 Å². The summed E-state index contributed by atoms with van der Waals surface area (Å²) in [5, 5.41) is 6.49. The fourth-order valence-corrected chi connectivity index (χ4v) is 2.53. The highest BCUT2D eigenvalue weighted by molar-refractivity contribution is 7.09. The van der Waals surface area contributed by atoms with Crippen molar-refractivity contribution >= 4 is 23.5 Å². The zero-order valence-corrected chi connectivity index (χ0v) is 13.8. The summed E-state index contributed by atoms with van der Waals surface area (Å²) in [6.07, 6.45) is 1.57. The number of amides is 1. The van der Waals surface area contributed by atoms with Crippen LogP contribution in [0.25, 0.3) is 0 Å². The van der Waals surface area contributed by atoms with E-state index in [1.807, 2.05) is 61.5 Å². The molecule has 120 valence electrons. The number of carbonyl (C=O) groups is 1. The number of hydrogen-bond donors (Lipinski definition) is 1. The van der Waals surface area contributed by atoms with E-state index >= 15 is 0 Å². The summed E-state index contributed by atoms with van der Waals surface area (Å²) >= 11 is 1.43. The van der Waals surface area contributed by atoms with E-state index in [1.54, 1.807) is 11.6 Å². The lowest BCUT2D eigenvalue weighted by Crippen LogP contribution is -2.17. The van der Waals surface area contributed by atoms with E-state index < -0.39 is 0 Å². The van der Waals surface area contributed by atoms with Crippen LogP contribution in [0.15, 0.2) is 65.1 Å². The van der Waals surface area contributed by atoms with Crippen LogP contribution in [0.4, 0.5) is 0 Å². The molecule has 1 N–H and O–H groups in total. The molecule has 0 unspecified atom stereocenters. The number of thiazole rings is 1. The highest BCUT2D eigenvalue weighted by Crippen LogP contribution is 2.20. The van der Waals surface area contributed by atoms with Crippen molar-refractivity contribution in [2.24, 2.45) is 5.10 Å². The molecule has 0 aliphatic heterocycles. The minimum atomic E-state index is -0.320. The largest absolute Gasteiger partial charge is 0.457 e. The van der Waals surface area contributed by atoms with Gasteiger partial charge in [-0.05, 0) is 48.9 Å². The van der Waals surface area contributed by atoms with Crippen molar-refractivity contribution in [2.45, 2.75) is 6.92 Å². The normalized spacial score (nSPS) is 10.7. The Balaban J connectivity index is 1.56. The number of para-hydroxylation sites is 1. The third kappa shape index (κ3) is 4.27. The molecule has 1 aromatic heterocycles. The molecule has 5 nitrogen and oxygen atoms in total. The zero-order valence-electron chi connectivity index (χ0n) is 13.0. The van der Waals surface area contributed by atoms with Crippen molar-refractivity contribution in [3.05, 3.63) is 76.2 Å². The first kappa shape index (κ1) is 15.9. The molecule has 0 bridgehead atoms. The number of aromatic nitrogens is 1. The number of rotatable bonds is 5. The van der Waals surface area contributed by atoms with Gasteiger partial charge in [0.25, 0.3) is 5.91 Å². The fraction of sp³-hybridized carbons (Fsp3) is 0.0556. The molecule has 6 heteroatoms. The van der Waals surface area contributed by atoms with E-state index in [1.165, 1.54) is 11.3 Å². The minimum Gasteiger partial charge on any atom is -0.457 e. The Morgan fingerprint density at radius 2 is 1.83 bits per heavy atom. The molecule has 0 saturated carbocycles. The summed E-state index contributed by atoms with van der Waals surface area (Å²) in [4.78, 5) is 15.9. The number of nitrogens with zero attached hydrogens (tertiary/aromatic N) is 2. The molecule has 24 heavy (non-hydrogen) atoms. The van der Waals surface area contributed by atoms with Crippen molar-refractivity contribution < 1.29 is 9.53 Å². The molecule has 3 aromatic rings. The molecule has 3 rings (SSSR count). The quantitative estimate of drug-likeness (QED) is 0.565. The number of hydrazone groups is 1. The first-order chi connectivity index (χ1) is 11.7. The molecular formula is C18H15N3O2S. The monoisotopic (exact) mass is 337 g/mol. The lowest BCUT2D eigenvalue weighted by Gasteiger charge is -2.05. The van der Waals surface area contributed by atoms with Crippen molar-refractivity contribution in [3.8, 4) is 11.5 Å². The summed E-state index contributed by atoms with van der Waals surface area (Å²) in [5.41, 5.74) is 3.69. The molecule has 0 spiro atoms. The van der Waals surface area contributed by atoms with Crippen LogP contribution in [0.3, 0.4) is 0 Å². The van der Waals surface area contributed by atoms with Crippen molar-refractivity contribution in [3.63, 3.8) is 0 Å². The van der Waals surface area contributed by atoms with Crippen molar-refractivity contribution in [2.75, 3.05) is 0 Å². The third-order valence-electron chi connectivity index (χ3n) is 3.09. The maximum Gasteiger partial charge on any atom is 0.290 e. The number of hydrogen-bond acceptors (Lipinski definition) is 5. The molecule has 0 radical (unpaired) electrons.